The molecule has 3 aromatic rings. The quantitative estimate of drug-likeness (QED) is 0.460. The molecule has 5 N–H and O–H groups in total. The number of aromatic nitrogens is 3. The second-order valence-electron chi connectivity index (χ2n) is 7.60. The maximum Gasteiger partial charge on any atom is 0.275 e. The van der Waals surface area contributed by atoms with E-state index in [1.807, 2.05) is 0 Å². The van der Waals surface area contributed by atoms with E-state index in [4.69, 9.17) is 10.5 Å². The van der Waals surface area contributed by atoms with Gasteiger partial charge in [0.05, 0.1) is 35.9 Å². The van der Waals surface area contributed by atoms with Crippen molar-refractivity contribution < 1.29 is 23.4 Å². The molecule has 0 saturated carbocycles. The molecule has 11 heteroatoms. The van der Waals surface area contributed by atoms with Gasteiger partial charge in [-0.05, 0) is 31.4 Å². The molecule has 2 aromatic heterocycles. The molecule has 0 spiro atoms. The van der Waals surface area contributed by atoms with Crippen molar-refractivity contribution in [3.63, 3.8) is 0 Å². The summed E-state index contributed by atoms with van der Waals surface area (Å²) in [7, 11) is 0. The van der Waals surface area contributed by atoms with Crippen LogP contribution in [0.4, 0.5) is 14.5 Å². The summed E-state index contributed by atoms with van der Waals surface area (Å²) < 4.78 is 33.9. The molecule has 0 bridgehead atoms. The highest BCUT2D eigenvalue weighted by Gasteiger charge is 2.30. The molecule has 1 amide bonds. The number of rotatable bonds is 5. The van der Waals surface area contributed by atoms with Crippen LogP contribution in [0.3, 0.4) is 0 Å². The monoisotopic (exact) mass is 463 g/mol. The lowest BCUT2D eigenvalue weighted by atomic mass is 10.0. The second-order valence-corrected chi connectivity index (χ2v) is 8.46. The highest BCUT2D eigenvalue weighted by molar-refractivity contribution is 7.13. The van der Waals surface area contributed by atoms with Crippen LogP contribution in [-0.4, -0.2) is 45.0 Å². The summed E-state index contributed by atoms with van der Waals surface area (Å²) in [5, 5.41) is 21.1. The number of alkyl halides is 1. The van der Waals surface area contributed by atoms with Crippen LogP contribution in [0.25, 0.3) is 10.6 Å². The molecule has 1 aliphatic rings. The van der Waals surface area contributed by atoms with Crippen molar-refractivity contribution in [2.45, 2.75) is 44.7 Å². The molecule has 1 saturated heterocycles. The van der Waals surface area contributed by atoms with Crippen LogP contribution < -0.4 is 11.1 Å². The van der Waals surface area contributed by atoms with E-state index in [1.165, 1.54) is 17.5 Å². The van der Waals surface area contributed by atoms with Gasteiger partial charge in [-0.15, -0.1) is 11.3 Å². The number of nitrogens with zero attached hydrogens (tertiary/aromatic N) is 2. The molecule has 4 rings (SSSR count). The summed E-state index contributed by atoms with van der Waals surface area (Å²) in [5.74, 6) is -1.03. The lowest BCUT2D eigenvalue weighted by molar-refractivity contribution is 0.0267. The molecule has 3 heterocycles. The average Bonchev–Trinajstić information content (AvgIpc) is 3.36. The van der Waals surface area contributed by atoms with Crippen LogP contribution in [-0.2, 0) is 11.3 Å². The van der Waals surface area contributed by atoms with Crippen LogP contribution in [0, 0.1) is 12.7 Å². The van der Waals surface area contributed by atoms with Crippen molar-refractivity contribution in [1.29, 1.82) is 0 Å². The predicted octanol–water partition coefficient (Wildman–Crippen LogP) is 3.24. The fraction of sp³-hybridized carbons (Fsp3) is 0.381. The zero-order valence-corrected chi connectivity index (χ0v) is 18.1. The Morgan fingerprint density at radius 3 is 3.03 bits per heavy atom. The van der Waals surface area contributed by atoms with Crippen molar-refractivity contribution >= 4 is 22.9 Å². The fourth-order valence-corrected chi connectivity index (χ4v) is 4.50. The summed E-state index contributed by atoms with van der Waals surface area (Å²) in [6.07, 6.45) is -0.834. The zero-order chi connectivity index (χ0) is 22.8. The minimum atomic E-state index is -1.25. The topological polar surface area (TPSA) is 126 Å². The summed E-state index contributed by atoms with van der Waals surface area (Å²) >= 11 is 1.10. The van der Waals surface area contributed by atoms with E-state index in [1.54, 1.807) is 13.0 Å². The Kier molecular flexibility index (Phi) is 6.60. The summed E-state index contributed by atoms with van der Waals surface area (Å²) in [6.45, 7) is 1.23. The summed E-state index contributed by atoms with van der Waals surface area (Å²) in [6, 6.07) is 3.78. The predicted molar refractivity (Wildman–Crippen MR) is 116 cm³/mol. The standard InChI is InChI=1S/C21H23F2N5O3S/c1-10-18(19(28-27-10)16-6-5-14(24)13(23)8-31-16)26-20(30)15-9-32-21(25-15)17-11(7-29)3-2-4-12(17)22/h2-4,9,13-14,16,29H,5-8,24H2,1H3,(H,26,30)(H,27,28)/t13-,14-,16+/m1/s1. The maximum absolute atomic E-state index is 14.3. The van der Waals surface area contributed by atoms with Gasteiger partial charge < -0.3 is 20.9 Å². The molecule has 0 radical (unpaired) electrons. The van der Waals surface area contributed by atoms with E-state index in [9.17, 15) is 18.7 Å². The molecule has 0 aliphatic carbocycles. The van der Waals surface area contributed by atoms with Gasteiger partial charge in [-0.1, -0.05) is 12.1 Å². The Morgan fingerprint density at radius 1 is 1.44 bits per heavy atom. The zero-order valence-electron chi connectivity index (χ0n) is 17.3. The van der Waals surface area contributed by atoms with Gasteiger partial charge in [0.2, 0.25) is 0 Å². The minimum Gasteiger partial charge on any atom is -0.392 e. The Bertz CT molecular complexity index is 1110. The molecule has 8 nitrogen and oxygen atoms in total. The lowest BCUT2D eigenvalue weighted by Crippen LogP contribution is -2.32. The molecular weight excluding hydrogens is 440 g/mol. The number of aryl methyl sites for hydroxylation is 1. The number of hydrogen-bond acceptors (Lipinski definition) is 7. The molecule has 1 aromatic carbocycles. The van der Waals surface area contributed by atoms with Crippen molar-refractivity contribution in [3.8, 4) is 10.6 Å². The first-order valence-corrected chi connectivity index (χ1v) is 11.0. The van der Waals surface area contributed by atoms with E-state index in [2.05, 4.69) is 20.5 Å². The highest BCUT2D eigenvalue weighted by atomic mass is 32.1. The molecule has 0 unspecified atom stereocenters. The van der Waals surface area contributed by atoms with Crippen molar-refractivity contribution in [2.24, 2.45) is 5.73 Å². The van der Waals surface area contributed by atoms with E-state index in [-0.39, 0.29) is 29.5 Å². The van der Waals surface area contributed by atoms with E-state index in [0.717, 1.165) is 11.3 Å². The van der Waals surface area contributed by atoms with Gasteiger partial charge in [0, 0.05) is 11.4 Å². The minimum absolute atomic E-state index is 0.0938. The number of benzene rings is 1. The average molecular weight is 464 g/mol. The van der Waals surface area contributed by atoms with Gasteiger partial charge in [-0.25, -0.2) is 13.8 Å². The van der Waals surface area contributed by atoms with Gasteiger partial charge in [0.1, 0.15) is 28.8 Å². The number of nitrogens with two attached hydrogens (primary N) is 1. The molecule has 1 fully saturated rings. The number of halogens is 2. The number of hydrogen-bond donors (Lipinski definition) is 4. The fourth-order valence-electron chi connectivity index (χ4n) is 3.62. The maximum atomic E-state index is 14.3. The molecule has 32 heavy (non-hydrogen) atoms. The number of ether oxygens (including phenoxy) is 1. The summed E-state index contributed by atoms with van der Waals surface area (Å²) in [5.41, 5.74) is 7.95. The molecule has 170 valence electrons. The SMILES string of the molecule is Cc1n[nH]c([C@@H]2CC[C@@H](N)[C@H](F)CO2)c1NC(=O)c1csc(-c2c(F)cccc2CO)n1. The number of aromatic amines is 1. The van der Waals surface area contributed by atoms with Crippen LogP contribution in [0.5, 0.6) is 0 Å². The van der Waals surface area contributed by atoms with Gasteiger partial charge in [0.15, 0.2) is 0 Å². The largest absolute Gasteiger partial charge is 0.392 e. The lowest BCUT2D eigenvalue weighted by Gasteiger charge is -2.15. The molecular formula is C21H23F2N5O3S. The van der Waals surface area contributed by atoms with Gasteiger partial charge >= 0.3 is 0 Å². The first-order valence-electron chi connectivity index (χ1n) is 10.1. The van der Waals surface area contributed by atoms with Crippen LogP contribution in [0.15, 0.2) is 23.6 Å². The van der Waals surface area contributed by atoms with E-state index in [0.29, 0.717) is 35.5 Å². The third-order valence-corrected chi connectivity index (χ3v) is 6.30. The van der Waals surface area contributed by atoms with Gasteiger partial charge in [-0.3, -0.25) is 9.89 Å². The first-order chi connectivity index (χ1) is 15.4. The highest BCUT2D eigenvalue weighted by Crippen LogP contribution is 2.34. The van der Waals surface area contributed by atoms with Gasteiger partial charge in [-0.2, -0.15) is 5.10 Å². The van der Waals surface area contributed by atoms with Crippen molar-refractivity contribution in [1.82, 2.24) is 15.2 Å². The number of anilines is 1. The molecule has 3 atom stereocenters. The summed E-state index contributed by atoms with van der Waals surface area (Å²) in [4.78, 5) is 17.1. The number of aliphatic hydroxyl groups is 1. The third kappa shape index (κ3) is 4.42. The Morgan fingerprint density at radius 2 is 2.25 bits per heavy atom. The van der Waals surface area contributed by atoms with Crippen LogP contribution >= 0.6 is 11.3 Å². The van der Waals surface area contributed by atoms with E-state index >= 15 is 0 Å². The Hall–Kier alpha value is -2.73. The number of aliphatic hydroxyl groups excluding tert-OH is 1. The number of H-pyrrole nitrogens is 1. The van der Waals surface area contributed by atoms with Gasteiger partial charge in [0.25, 0.3) is 5.91 Å². The second kappa shape index (κ2) is 9.41. The van der Waals surface area contributed by atoms with Crippen LogP contribution in [0.1, 0.15) is 46.4 Å². The first kappa shape index (κ1) is 22.5. The van der Waals surface area contributed by atoms with E-state index < -0.39 is 30.0 Å². The Labute approximate surface area is 186 Å². The number of carbonyl (C=O) groups is 1. The number of amides is 1. The number of nitrogens with one attached hydrogen (secondary N) is 2. The third-order valence-electron chi connectivity index (χ3n) is 5.44. The van der Waals surface area contributed by atoms with Crippen LogP contribution in [0.2, 0.25) is 0 Å². The molecule has 1 aliphatic heterocycles. The number of carbonyl (C=O) groups excluding carboxylic acids is 1. The smallest absolute Gasteiger partial charge is 0.275 e. The normalized spacial score (nSPS) is 21.3. The van der Waals surface area contributed by atoms with Crippen molar-refractivity contribution in [2.75, 3.05) is 11.9 Å². The number of thiazole rings is 1. The Balaban J connectivity index is 1.56. The van der Waals surface area contributed by atoms with Crippen molar-refractivity contribution in [3.05, 3.63) is 52.0 Å².